The van der Waals surface area contributed by atoms with E-state index in [1.54, 1.807) is 0 Å². The summed E-state index contributed by atoms with van der Waals surface area (Å²) in [5, 5.41) is 3.54. The van der Waals surface area contributed by atoms with Gasteiger partial charge in [0.25, 0.3) is 0 Å². The van der Waals surface area contributed by atoms with Gasteiger partial charge < -0.3 is 5.73 Å². The largest absolute Gasteiger partial charge is 0.314 e. The molecule has 1 aliphatic rings. The quantitative estimate of drug-likeness (QED) is 0.559. The minimum absolute atomic E-state index is 0.214. The van der Waals surface area contributed by atoms with Crippen LogP contribution in [0.2, 0.25) is 0 Å². The van der Waals surface area contributed by atoms with E-state index in [2.05, 4.69) is 39.6 Å². The second-order valence-corrected chi connectivity index (χ2v) is 7.46. The Morgan fingerprint density at radius 1 is 1.22 bits per heavy atom. The first kappa shape index (κ1) is 15.7. The van der Waals surface area contributed by atoms with E-state index in [9.17, 15) is 0 Å². The SMILES string of the molecule is C=C(C(NC(C)(C)N)C(C)C)C(C)(C)C1CCC1. The van der Waals surface area contributed by atoms with Crippen molar-refractivity contribution < 1.29 is 0 Å². The predicted molar refractivity (Wildman–Crippen MR) is 80.3 cm³/mol. The third kappa shape index (κ3) is 3.58. The Balaban J connectivity index is 2.82. The van der Waals surface area contributed by atoms with Crippen LogP contribution in [0.4, 0.5) is 0 Å². The third-order valence-corrected chi connectivity index (χ3v) is 4.52. The van der Waals surface area contributed by atoms with Crippen LogP contribution in [-0.2, 0) is 0 Å². The highest BCUT2D eigenvalue weighted by Gasteiger charge is 2.39. The number of rotatable bonds is 6. The molecule has 0 spiro atoms. The molecule has 0 bridgehead atoms. The molecule has 0 aromatic heterocycles. The summed E-state index contributed by atoms with van der Waals surface area (Å²) in [6.45, 7) is 17.6. The Morgan fingerprint density at radius 2 is 1.72 bits per heavy atom. The summed E-state index contributed by atoms with van der Waals surface area (Å²) in [5.41, 5.74) is 7.31. The topological polar surface area (TPSA) is 38.0 Å². The highest BCUT2D eigenvalue weighted by atomic mass is 15.1. The molecule has 1 saturated carbocycles. The molecule has 0 aliphatic heterocycles. The lowest BCUT2D eigenvalue weighted by atomic mass is 9.62. The van der Waals surface area contributed by atoms with Crippen molar-refractivity contribution in [2.45, 2.75) is 72.5 Å². The summed E-state index contributed by atoms with van der Waals surface area (Å²) in [6, 6.07) is 0.292. The second-order valence-electron chi connectivity index (χ2n) is 7.46. The van der Waals surface area contributed by atoms with Gasteiger partial charge in [0, 0.05) is 6.04 Å². The summed E-state index contributed by atoms with van der Waals surface area (Å²) < 4.78 is 0. The first-order valence-corrected chi connectivity index (χ1v) is 7.31. The molecule has 106 valence electrons. The highest BCUT2D eigenvalue weighted by Crippen LogP contribution is 2.47. The standard InChI is InChI=1S/C16H32N2/c1-11(2)14(18-16(6,7)17)12(3)15(4,5)13-9-8-10-13/h11,13-14,18H,3,8-10,17H2,1-2,4-7H3. The van der Waals surface area contributed by atoms with Gasteiger partial charge in [-0.25, -0.2) is 0 Å². The molecule has 0 radical (unpaired) electrons. The first-order valence-electron chi connectivity index (χ1n) is 7.31. The molecule has 1 aliphatic carbocycles. The molecule has 3 N–H and O–H groups in total. The fraction of sp³-hybridized carbons (Fsp3) is 0.875. The van der Waals surface area contributed by atoms with Crippen molar-refractivity contribution in [1.29, 1.82) is 0 Å². The van der Waals surface area contributed by atoms with Crippen molar-refractivity contribution in [2.24, 2.45) is 23.0 Å². The smallest absolute Gasteiger partial charge is 0.0608 e. The van der Waals surface area contributed by atoms with E-state index < -0.39 is 0 Å². The van der Waals surface area contributed by atoms with Crippen LogP contribution in [0.1, 0.15) is 60.8 Å². The average Bonchev–Trinajstić information content (AvgIpc) is 2.07. The van der Waals surface area contributed by atoms with Crippen LogP contribution in [0.3, 0.4) is 0 Å². The molecule has 1 atom stereocenters. The van der Waals surface area contributed by atoms with Crippen molar-refractivity contribution in [3.8, 4) is 0 Å². The van der Waals surface area contributed by atoms with Crippen LogP contribution in [0.5, 0.6) is 0 Å². The molecule has 0 aromatic rings. The number of hydrogen-bond acceptors (Lipinski definition) is 2. The van der Waals surface area contributed by atoms with Crippen molar-refractivity contribution in [3.05, 3.63) is 12.2 Å². The number of nitrogens with two attached hydrogens (primary N) is 1. The zero-order chi connectivity index (χ0) is 14.1. The van der Waals surface area contributed by atoms with Gasteiger partial charge in [-0.15, -0.1) is 0 Å². The maximum atomic E-state index is 6.13. The maximum Gasteiger partial charge on any atom is 0.0608 e. The fourth-order valence-corrected chi connectivity index (χ4v) is 2.85. The van der Waals surface area contributed by atoms with E-state index in [-0.39, 0.29) is 11.1 Å². The van der Waals surface area contributed by atoms with Crippen LogP contribution in [-0.4, -0.2) is 11.7 Å². The van der Waals surface area contributed by atoms with Gasteiger partial charge in [0.05, 0.1) is 5.66 Å². The van der Waals surface area contributed by atoms with E-state index >= 15 is 0 Å². The Labute approximate surface area is 113 Å². The van der Waals surface area contributed by atoms with Gasteiger partial charge in [0.1, 0.15) is 0 Å². The molecule has 1 fully saturated rings. The van der Waals surface area contributed by atoms with Crippen LogP contribution in [0.25, 0.3) is 0 Å². The first-order chi connectivity index (χ1) is 8.05. The Bertz CT molecular complexity index is 293. The van der Waals surface area contributed by atoms with Gasteiger partial charge in [-0.1, -0.05) is 46.3 Å². The molecular weight excluding hydrogens is 220 g/mol. The minimum atomic E-state index is -0.354. The van der Waals surface area contributed by atoms with Crippen LogP contribution in [0.15, 0.2) is 12.2 Å². The van der Waals surface area contributed by atoms with E-state index in [0.717, 1.165) is 5.92 Å². The zero-order valence-corrected chi connectivity index (χ0v) is 13.1. The second kappa shape index (κ2) is 5.34. The third-order valence-electron chi connectivity index (χ3n) is 4.52. The lowest BCUT2D eigenvalue weighted by Crippen LogP contribution is -2.56. The summed E-state index contributed by atoms with van der Waals surface area (Å²) in [6.07, 6.45) is 4.08. The Hall–Kier alpha value is -0.340. The van der Waals surface area contributed by atoms with Gasteiger partial charge >= 0.3 is 0 Å². The summed E-state index contributed by atoms with van der Waals surface area (Å²) in [7, 11) is 0. The minimum Gasteiger partial charge on any atom is -0.314 e. The molecule has 0 aromatic carbocycles. The molecule has 0 saturated heterocycles. The fourth-order valence-electron chi connectivity index (χ4n) is 2.85. The van der Waals surface area contributed by atoms with Crippen molar-refractivity contribution >= 4 is 0 Å². The van der Waals surface area contributed by atoms with E-state index in [1.165, 1.54) is 24.8 Å². The molecule has 1 rings (SSSR count). The van der Waals surface area contributed by atoms with Crippen LogP contribution < -0.4 is 11.1 Å². The molecule has 2 heteroatoms. The predicted octanol–water partition coefficient (Wildman–Crippen LogP) is 3.68. The highest BCUT2D eigenvalue weighted by molar-refractivity contribution is 5.19. The van der Waals surface area contributed by atoms with Gasteiger partial charge in [-0.2, -0.15) is 0 Å². The summed E-state index contributed by atoms with van der Waals surface area (Å²) in [5.74, 6) is 1.31. The summed E-state index contributed by atoms with van der Waals surface area (Å²) >= 11 is 0. The van der Waals surface area contributed by atoms with Gasteiger partial charge in [0.15, 0.2) is 0 Å². The lowest BCUT2D eigenvalue weighted by Gasteiger charge is -2.46. The molecule has 1 unspecified atom stereocenters. The normalized spacial score (nSPS) is 19.8. The summed E-state index contributed by atoms with van der Waals surface area (Å²) in [4.78, 5) is 0. The lowest BCUT2D eigenvalue weighted by molar-refractivity contribution is 0.139. The van der Waals surface area contributed by atoms with Crippen LogP contribution in [0, 0.1) is 17.3 Å². The van der Waals surface area contributed by atoms with Crippen LogP contribution >= 0.6 is 0 Å². The molecule has 0 amide bonds. The van der Waals surface area contributed by atoms with Gasteiger partial charge in [0.2, 0.25) is 0 Å². The van der Waals surface area contributed by atoms with E-state index in [0.29, 0.717) is 12.0 Å². The van der Waals surface area contributed by atoms with Crippen molar-refractivity contribution in [2.75, 3.05) is 0 Å². The molecular formula is C16H32N2. The molecule has 2 nitrogen and oxygen atoms in total. The zero-order valence-electron chi connectivity index (χ0n) is 13.1. The van der Waals surface area contributed by atoms with Crippen molar-refractivity contribution in [1.82, 2.24) is 5.32 Å². The number of hydrogen-bond donors (Lipinski definition) is 2. The average molecular weight is 252 g/mol. The van der Waals surface area contributed by atoms with E-state index in [4.69, 9.17) is 5.73 Å². The maximum absolute atomic E-state index is 6.13. The van der Waals surface area contributed by atoms with Gasteiger partial charge in [-0.3, -0.25) is 5.32 Å². The van der Waals surface area contributed by atoms with Gasteiger partial charge in [-0.05, 0) is 43.9 Å². The van der Waals surface area contributed by atoms with Crippen molar-refractivity contribution in [3.63, 3.8) is 0 Å². The Kier molecular flexibility index (Phi) is 4.66. The Morgan fingerprint density at radius 3 is 2.00 bits per heavy atom. The number of nitrogens with one attached hydrogen (secondary N) is 1. The molecule has 0 heterocycles. The van der Waals surface area contributed by atoms with E-state index in [1.807, 2.05) is 13.8 Å². The molecule has 18 heavy (non-hydrogen) atoms. The monoisotopic (exact) mass is 252 g/mol.